The number of rotatable bonds is 0. The highest BCUT2D eigenvalue weighted by atomic mass is 79.9. The Morgan fingerprint density at radius 1 is 1.06 bits per heavy atom. The van der Waals surface area contributed by atoms with Crippen molar-refractivity contribution in [3.63, 3.8) is 0 Å². The third kappa shape index (κ3) is 1.03. The van der Waals surface area contributed by atoms with E-state index in [2.05, 4.69) is 29.8 Å². The SMILES string of the molecule is CC1C2CC3(Br)CC4C2CCCC4C1(C)C3. The molecule has 5 saturated carbocycles. The molecule has 5 fully saturated rings. The van der Waals surface area contributed by atoms with Crippen LogP contribution in [0.25, 0.3) is 0 Å². The molecule has 0 aromatic rings. The van der Waals surface area contributed by atoms with E-state index in [1.54, 1.807) is 6.42 Å². The summed E-state index contributed by atoms with van der Waals surface area (Å²) in [7, 11) is 0. The molecule has 0 N–H and O–H groups in total. The van der Waals surface area contributed by atoms with Gasteiger partial charge in [-0.1, -0.05) is 36.2 Å². The average molecular weight is 283 g/mol. The summed E-state index contributed by atoms with van der Waals surface area (Å²) in [5.41, 5.74) is 0.673. The largest absolute Gasteiger partial charge is 0.0853 e. The van der Waals surface area contributed by atoms with Crippen molar-refractivity contribution in [1.29, 1.82) is 0 Å². The smallest absolute Gasteiger partial charge is 0.0269 e. The number of hydrogen-bond donors (Lipinski definition) is 0. The predicted octanol–water partition coefficient (Wildman–Crippen LogP) is 4.62. The first kappa shape index (κ1) is 10.4. The van der Waals surface area contributed by atoms with Crippen LogP contribution in [0.15, 0.2) is 0 Å². The van der Waals surface area contributed by atoms with Crippen LogP contribution < -0.4 is 0 Å². The maximum atomic E-state index is 4.13. The molecule has 0 aliphatic heterocycles. The molecule has 7 unspecified atom stereocenters. The summed E-state index contributed by atoms with van der Waals surface area (Å²) in [6, 6.07) is 0. The van der Waals surface area contributed by atoms with Crippen LogP contribution in [0.4, 0.5) is 0 Å². The molecule has 0 aromatic heterocycles. The fourth-order valence-electron chi connectivity index (χ4n) is 6.52. The molecule has 6 bridgehead atoms. The molecule has 0 amide bonds. The summed E-state index contributed by atoms with van der Waals surface area (Å²) in [6.45, 7) is 5.20. The summed E-state index contributed by atoms with van der Waals surface area (Å²) >= 11 is 4.13. The van der Waals surface area contributed by atoms with Crippen molar-refractivity contribution in [2.24, 2.45) is 35.0 Å². The fraction of sp³-hybridized carbons (Fsp3) is 1.00. The van der Waals surface area contributed by atoms with Crippen LogP contribution in [0.5, 0.6) is 0 Å². The molecule has 5 rings (SSSR count). The Morgan fingerprint density at radius 2 is 1.81 bits per heavy atom. The molecule has 0 spiro atoms. The van der Waals surface area contributed by atoms with Crippen molar-refractivity contribution in [3.8, 4) is 0 Å². The van der Waals surface area contributed by atoms with Gasteiger partial charge in [0.05, 0.1) is 0 Å². The van der Waals surface area contributed by atoms with Crippen molar-refractivity contribution in [3.05, 3.63) is 0 Å². The van der Waals surface area contributed by atoms with E-state index in [0.717, 1.165) is 29.6 Å². The van der Waals surface area contributed by atoms with Gasteiger partial charge < -0.3 is 0 Å². The Balaban J connectivity index is 1.85. The molecule has 5 aliphatic carbocycles. The lowest BCUT2D eigenvalue weighted by molar-refractivity contribution is -0.184. The van der Waals surface area contributed by atoms with Gasteiger partial charge in [0, 0.05) is 4.32 Å². The molecular weight excluding hydrogens is 260 g/mol. The highest BCUT2D eigenvalue weighted by Gasteiger charge is 2.66. The molecule has 16 heavy (non-hydrogen) atoms. The highest BCUT2D eigenvalue weighted by molar-refractivity contribution is 9.10. The molecule has 0 heterocycles. The lowest BCUT2D eigenvalue weighted by Gasteiger charge is -2.71. The summed E-state index contributed by atoms with van der Waals surface area (Å²) in [6.07, 6.45) is 9.07. The van der Waals surface area contributed by atoms with Gasteiger partial charge in [0.25, 0.3) is 0 Å². The van der Waals surface area contributed by atoms with Crippen LogP contribution in [-0.2, 0) is 0 Å². The highest BCUT2D eigenvalue weighted by Crippen LogP contribution is 2.73. The van der Waals surface area contributed by atoms with E-state index >= 15 is 0 Å². The summed E-state index contributed by atoms with van der Waals surface area (Å²) in [4.78, 5) is 0. The summed E-state index contributed by atoms with van der Waals surface area (Å²) in [5.74, 6) is 5.30. The molecular formula is C15H23Br. The molecule has 0 radical (unpaired) electrons. The Kier molecular flexibility index (Phi) is 1.88. The van der Waals surface area contributed by atoms with Gasteiger partial charge >= 0.3 is 0 Å². The van der Waals surface area contributed by atoms with E-state index in [9.17, 15) is 0 Å². The predicted molar refractivity (Wildman–Crippen MR) is 70.6 cm³/mol. The lowest BCUT2D eigenvalue weighted by Crippen LogP contribution is -2.65. The first-order valence-corrected chi connectivity index (χ1v) is 8.02. The van der Waals surface area contributed by atoms with Crippen LogP contribution >= 0.6 is 15.9 Å². The van der Waals surface area contributed by atoms with Crippen LogP contribution in [-0.4, -0.2) is 4.32 Å². The third-order valence-electron chi connectivity index (χ3n) is 7.10. The normalized spacial score (nSPS) is 67.3. The van der Waals surface area contributed by atoms with E-state index in [0.29, 0.717) is 9.74 Å². The zero-order chi connectivity index (χ0) is 11.1. The Bertz CT molecular complexity index is 326. The minimum atomic E-state index is 0.550. The lowest BCUT2D eigenvalue weighted by atomic mass is 9.36. The van der Waals surface area contributed by atoms with Gasteiger partial charge in [-0.2, -0.15) is 0 Å². The van der Waals surface area contributed by atoms with Crippen LogP contribution in [0.1, 0.15) is 52.4 Å². The topological polar surface area (TPSA) is 0 Å². The zero-order valence-electron chi connectivity index (χ0n) is 10.5. The van der Waals surface area contributed by atoms with Crippen molar-refractivity contribution in [2.45, 2.75) is 56.7 Å². The minimum Gasteiger partial charge on any atom is -0.0853 e. The Morgan fingerprint density at radius 3 is 2.62 bits per heavy atom. The van der Waals surface area contributed by atoms with Crippen LogP contribution in [0.3, 0.4) is 0 Å². The van der Waals surface area contributed by atoms with Crippen molar-refractivity contribution >= 4 is 15.9 Å². The summed E-state index contributed by atoms with van der Waals surface area (Å²) in [5, 5.41) is 0. The molecule has 7 atom stereocenters. The summed E-state index contributed by atoms with van der Waals surface area (Å²) < 4.78 is 0.550. The maximum absolute atomic E-state index is 4.13. The van der Waals surface area contributed by atoms with Crippen molar-refractivity contribution < 1.29 is 0 Å². The first-order valence-electron chi connectivity index (χ1n) is 7.22. The van der Waals surface area contributed by atoms with Gasteiger partial charge in [0.1, 0.15) is 0 Å². The van der Waals surface area contributed by atoms with Crippen molar-refractivity contribution in [2.75, 3.05) is 0 Å². The standard InChI is InChI=1S/C15H23Br/c1-9-11-6-15(16)7-12-10(11)4-3-5-13(12)14(9,2)8-15/h9-13H,3-8H2,1-2H3. The Labute approximate surface area is 108 Å². The third-order valence-corrected chi connectivity index (χ3v) is 8.03. The quantitative estimate of drug-likeness (QED) is 0.569. The zero-order valence-corrected chi connectivity index (χ0v) is 12.1. The molecule has 0 aromatic carbocycles. The fourth-order valence-corrected chi connectivity index (χ4v) is 7.87. The number of halogens is 1. The number of alkyl halides is 1. The van der Waals surface area contributed by atoms with Crippen LogP contribution in [0, 0.1) is 35.0 Å². The Hall–Kier alpha value is 0.480. The number of hydrogen-bond acceptors (Lipinski definition) is 0. The van der Waals surface area contributed by atoms with Gasteiger partial charge in [0.2, 0.25) is 0 Å². The van der Waals surface area contributed by atoms with Gasteiger partial charge in [-0.3, -0.25) is 0 Å². The van der Waals surface area contributed by atoms with Gasteiger partial charge in [-0.05, 0) is 67.1 Å². The van der Waals surface area contributed by atoms with Gasteiger partial charge in [-0.15, -0.1) is 0 Å². The molecule has 5 aliphatic rings. The van der Waals surface area contributed by atoms with Crippen LogP contribution in [0.2, 0.25) is 0 Å². The average Bonchev–Trinajstić information content (AvgIpc) is 2.23. The van der Waals surface area contributed by atoms with E-state index in [4.69, 9.17) is 0 Å². The van der Waals surface area contributed by atoms with Crippen molar-refractivity contribution in [1.82, 2.24) is 0 Å². The second-order valence-electron chi connectivity index (χ2n) is 7.56. The minimum absolute atomic E-state index is 0.550. The van der Waals surface area contributed by atoms with Gasteiger partial charge in [-0.25, -0.2) is 0 Å². The van der Waals surface area contributed by atoms with E-state index in [1.807, 2.05) is 0 Å². The monoisotopic (exact) mass is 282 g/mol. The molecule has 90 valence electrons. The second-order valence-corrected chi connectivity index (χ2v) is 9.24. The van der Waals surface area contributed by atoms with E-state index < -0.39 is 0 Å². The van der Waals surface area contributed by atoms with E-state index in [-0.39, 0.29) is 0 Å². The second kappa shape index (κ2) is 2.90. The molecule has 1 heteroatoms. The first-order chi connectivity index (χ1) is 7.54. The molecule has 0 nitrogen and oxygen atoms in total. The molecule has 0 saturated heterocycles. The van der Waals surface area contributed by atoms with E-state index in [1.165, 1.54) is 32.1 Å². The van der Waals surface area contributed by atoms with Gasteiger partial charge in [0.15, 0.2) is 0 Å². The maximum Gasteiger partial charge on any atom is 0.0269 e.